The Morgan fingerprint density at radius 3 is 2.59 bits per heavy atom. The average molecular weight is 247 g/mol. The van der Waals surface area contributed by atoms with E-state index in [4.69, 9.17) is 5.73 Å². The first-order valence-corrected chi connectivity index (χ1v) is 6.35. The first-order valence-electron chi connectivity index (χ1n) is 5.47. The van der Waals surface area contributed by atoms with E-state index in [2.05, 4.69) is 18.2 Å². The van der Waals surface area contributed by atoms with Crippen molar-refractivity contribution in [3.8, 4) is 0 Å². The maximum Gasteiger partial charge on any atom is 0.272 e. The zero-order valence-electron chi connectivity index (χ0n) is 9.37. The van der Waals surface area contributed by atoms with Crippen molar-refractivity contribution < 1.29 is 10.1 Å². The van der Waals surface area contributed by atoms with E-state index in [1.807, 2.05) is 35.0 Å². The van der Waals surface area contributed by atoms with Crippen LogP contribution in [0.1, 0.15) is 16.5 Å². The van der Waals surface area contributed by atoms with Gasteiger partial charge in [-0.1, -0.05) is 36.4 Å². The summed E-state index contributed by atoms with van der Waals surface area (Å²) in [5, 5.41) is 4.02. The molecular formula is C13H15N2OS+. The van der Waals surface area contributed by atoms with Gasteiger partial charge in [0.2, 0.25) is 0 Å². The second-order valence-corrected chi connectivity index (χ2v) is 4.79. The fourth-order valence-electron chi connectivity index (χ4n) is 1.78. The highest BCUT2D eigenvalue weighted by Crippen LogP contribution is 2.22. The quantitative estimate of drug-likeness (QED) is 0.810. The van der Waals surface area contributed by atoms with E-state index in [1.165, 1.54) is 10.4 Å². The van der Waals surface area contributed by atoms with Gasteiger partial charge in [-0.3, -0.25) is 4.79 Å². The fraction of sp³-hybridized carbons (Fsp3) is 0.154. The van der Waals surface area contributed by atoms with Crippen LogP contribution in [-0.2, 0) is 4.79 Å². The SMILES string of the molecule is NC(=O)C[NH2+][C@@H](c1ccccc1)c1cccs1. The lowest BCUT2D eigenvalue weighted by atomic mass is 10.1. The molecule has 4 heteroatoms. The summed E-state index contributed by atoms with van der Waals surface area (Å²) in [6.45, 7) is 0.303. The molecule has 1 atom stereocenters. The third-order valence-corrected chi connectivity index (χ3v) is 3.52. The van der Waals surface area contributed by atoms with Crippen molar-refractivity contribution in [3.63, 3.8) is 0 Å². The van der Waals surface area contributed by atoms with Gasteiger partial charge in [-0.2, -0.15) is 0 Å². The molecule has 0 aliphatic rings. The number of benzene rings is 1. The van der Waals surface area contributed by atoms with Crippen molar-refractivity contribution in [2.45, 2.75) is 6.04 Å². The minimum absolute atomic E-state index is 0.156. The number of hydrogen-bond acceptors (Lipinski definition) is 2. The number of nitrogens with two attached hydrogens (primary N) is 2. The number of amides is 1. The van der Waals surface area contributed by atoms with E-state index < -0.39 is 0 Å². The van der Waals surface area contributed by atoms with Crippen molar-refractivity contribution in [1.29, 1.82) is 0 Å². The van der Waals surface area contributed by atoms with Gasteiger partial charge in [0.1, 0.15) is 6.04 Å². The minimum Gasteiger partial charge on any atom is -0.365 e. The largest absolute Gasteiger partial charge is 0.365 e. The topological polar surface area (TPSA) is 59.7 Å². The highest BCUT2D eigenvalue weighted by Gasteiger charge is 2.18. The van der Waals surface area contributed by atoms with E-state index in [0.29, 0.717) is 6.54 Å². The minimum atomic E-state index is -0.289. The number of rotatable bonds is 5. The summed E-state index contributed by atoms with van der Waals surface area (Å²) in [6.07, 6.45) is 0. The normalized spacial score (nSPS) is 12.2. The van der Waals surface area contributed by atoms with E-state index in [-0.39, 0.29) is 11.9 Å². The van der Waals surface area contributed by atoms with Gasteiger partial charge < -0.3 is 11.1 Å². The predicted octanol–water partition coefficient (Wildman–Crippen LogP) is 0.886. The Balaban J connectivity index is 2.22. The Morgan fingerprint density at radius 1 is 1.24 bits per heavy atom. The van der Waals surface area contributed by atoms with Crippen LogP contribution in [0.15, 0.2) is 47.8 Å². The molecule has 0 unspecified atom stereocenters. The maximum absolute atomic E-state index is 10.9. The van der Waals surface area contributed by atoms with E-state index >= 15 is 0 Å². The lowest BCUT2D eigenvalue weighted by Gasteiger charge is -2.13. The molecule has 2 rings (SSSR count). The molecule has 1 aromatic heterocycles. The van der Waals surface area contributed by atoms with Crippen LogP contribution in [0.5, 0.6) is 0 Å². The van der Waals surface area contributed by atoms with Crippen LogP contribution in [0.25, 0.3) is 0 Å². The summed E-state index contributed by atoms with van der Waals surface area (Å²) in [5.41, 5.74) is 6.40. The number of primary amides is 1. The molecule has 1 amide bonds. The number of thiophene rings is 1. The highest BCUT2D eigenvalue weighted by molar-refractivity contribution is 7.10. The van der Waals surface area contributed by atoms with Crippen LogP contribution < -0.4 is 11.1 Å². The predicted molar refractivity (Wildman–Crippen MR) is 68.6 cm³/mol. The first-order chi connectivity index (χ1) is 8.27. The molecule has 1 heterocycles. The molecule has 0 aliphatic carbocycles. The number of hydrogen-bond donors (Lipinski definition) is 2. The molecule has 0 saturated carbocycles. The average Bonchev–Trinajstić information content (AvgIpc) is 2.84. The summed E-state index contributed by atoms with van der Waals surface area (Å²) in [5.74, 6) is -0.289. The van der Waals surface area contributed by atoms with Gasteiger partial charge >= 0.3 is 0 Å². The van der Waals surface area contributed by atoms with E-state index in [9.17, 15) is 4.79 Å². The van der Waals surface area contributed by atoms with Crippen molar-refractivity contribution in [2.24, 2.45) is 5.73 Å². The molecule has 1 aromatic carbocycles. The van der Waals surface area contributed by atoms with Gasteiger partial charge in [0, 0.05) is 5.56 Å². The summed E-state index contributed by atoms with van der Waals surface area (Å²) in [6, 6.07) is 14.4. The molecule has 17 heavy (non-hydrogen) atoms. The van der Waals surface area contributed by atoms with Crippen LogP contribution in [0.2, 0.25) is 0 Å². The van der Waals surface area contributed by atoms with Gasteiger partial charge in [-0.25, -0.2) is 0 Å². The second-order valence-electron chi connectivity index (χ2n) is 3.81. The summed E-state index contributed by atoms with van der Waals surface area (Å²) in [4.78, 5) is 12.1. The van der Waals surface area contributed by atoms with Gasteiger partial charge in [-0.05, 0) is 11.4 Å². The molecule has 0 spiro atoms. The lowest BCUT2D eigenvalue weighted by Crippen LogP contribution is -2.87. The third kappa shape index (κ3) is 3.15. The Morgan fingerprint density at radius 2 is 2.00 bits per heavy atom. The second kappa shape index (κ2) is 5.61. The zero-order valence-corrected chi connectivity index (χ0v) is 10.2. The van der Waals surface area contributed by atoms with Crippen LogP contribution in [0.4, 0.5) is 0 Å². The Labute approximate surface area is 104 Å². The monoisotopic (exact) mass is 247 g/mol. The molecule has 2 aromatic rings. The zero-order chi connectivity index (χ0) is 12.1. The van der Waals surface area contributed by atoms with Gasteiger partial charge in [0.05, 0.1) is 4.88 Å². The van der Waals surface area contributed by atoms with Gasteiger partial charge in [0.25, 0.3) is 5.91 Å². The number of carbonyl (C=O) groups is 1. The van der Waals surface area contributed by atoms with Crippen molar-refractivity contribution in [1.82, 2.24) is 0 Å². The lowest BCUT2D eigenvalue weighted by molar-refractivity contribution is -0.676. The van der Waals surface area contributed by atoms with Crippen LogP contribution in [-0.4, -0.2) is 12.5 Å². The van der Waals surface area contributed by atoms with E-state index in [1.54, 1.807) is 11.3 Å². The molecule has 88 valence electrons. The highest BCUT2D eigenvalue weighted by atomic mass is 32.1. The van der Waals surface area contributed by atoms with Crippen molar-refractivity contribution >= 4 is 17.2 Å². The van der Waals surface area contributed by atoms with Crippen LogP contribution in [0.3, 0.4) is 0 Å². The first kappa shape index (κ1) is 11.8. The van der Waals surface area contributed by atoms with Gasteiger partial charge in [-0.15, -0.1) is 11.3 Å². The summed E-state index contributed by atoms with van der Waals surface area (Å²) in [7, 11) is 0. The molecule has 3 nitrogen and oxygen atoms in total. The molecule has 0 radical (unpaired) electrons. The maximum atomic E-state index is 10.9. The Kier molecular flexibility index (Phi) is 3.90. The smallest absolute Gasteiger partial charge is 0.272 e. The number of quaternary nitrogens is 1. The van der Waals surface area contributed by atoms with Crippen molar-refractivity contribution in [3.05, 3.63) is 58.3 Å². The Hall–Kier alpha value is -1.65. The molecular weight excluding hydrogens is 232 g/mol. The van der Waals surface area contributed by atoms with Gasteiger partial charge in [0.15, 0.2) is 6.54 Å². The molecule has 0 fully saturated rings. The molecule has 0 saturated heterocycles. The molecule has 0 bridgehead atoms. The standard InChI is InChI=1S/C13H14N2OS/c14-12(16)9-15-13(11-7-4-8-17-11)10-5-2-1-3-6-10/h1-8,13,15H,9H2,(H2,14,16)/p+1/t13-/m0/s1. The summed E-state index contributed by atoms with van der Waals surface area (Å²) < 4.78 is 0. The molecule has 0 aliphatic heterocycles. The van der Waals surface area contributed by atoms with Crippen LogP contribution in [0, 0.1) is 0 Å². The van der Waals surface area contributed by atoms with Crippen LogP contribution >= 0.6 is 11.3 Å². The fourth-order valence-corrected chi connectivity index (χ4v) is 2.63. The summed E-state index contributed by atoms with van der Waals surface area (Å²) >= 11 is 1.69. The third-order valence-electron chi connectivity index (χ3n) is 2.56. The van der Waals surface area contributed by atoms with Crippen molar-refractivity contribution in [2.75, 3.05) is 6.54 Å². The number of carbonyl (C=O) groups excluding carboxylic acids is 1. The molecule has 4 N–H and O–H groups in total. The van der Waals surface area contributed by atoms with E-state index in [0.717, 1.165) is 0 Å². The Bertz CT molecular complexity index is 467.